The molecule has 2 aliphatic rings. The Hall–Kier alpha value is -2.78. The van der Waals surface area contributed by atoms with E-state index in [4.69, 9.17) is 21.7 Å². The Morgan fingerprint density at radius 1 is 1.07 bits per heavy atom. The molecule has 0 N–H and O–H groups in total. The molecule has 0 unspecified atom stereocenters. The summed E-state index contributed by atoms with van der Waals surface area (Å²) >= 11 is 5.26. The van der Waals surface area contributed by atoms with Crippen LogP contribution in [0.25, 0.3) is 6.08 Å². The standard InChI is InChI=1S/C21H25N3O5S/c1-3-23-19(26)17(20(27)24(4-2)21(23)30)13-15-5-7-16(8-6-15)29-14-18(25)22-9-11-28-12-10-22/h5-8,13H,3-4,9-12,14H2,1-2H3. The van der Waals surface area contributed by atoms with Gasteiger partial charge in [-0.1, -0.05) is 12.1 Å². The van der Waals surface area contributed by atoms with Crippen LogP contribution in [0.3, 0.4) is 0 Å². The molecule has 0 atom stereocenters. The Bertz CT molecular complexity index is 834. The van der Waals surface area contributed by atoms with Gasteiger partial charge in [0.05, 0.1) is 13.2 Å². The fourth-order valence-corrected chi connectivity index (χ4v) is 3.68. The van der Waals surface area contributed by atoms with Gasteiger partial charge in [-0.2, -0.15) is 0 Å². The van der Waals surface area contributed by atoms with E-state index in [-0.39, 0.29) is 23.2 Å². The number of hydrogen-bond acceptors (Lipinski definition) is 6. The van der Waals surface area contributed by atoms with Gasteiger partial charge in [-0.15, -0.1) is 0 Å². The maximum absolute atomic E-state index is 12.7. The molecule has 8 nitrogen and oxygen atoms in total. The Morgan fingerprint density at radius 3 is 2.17 bits per heavy atom. The van der Waals surface area contributed by atoms with Gasteiger partial charge in [0.15, 0.2) is 11.7 Å². The van der Waals surface area contributed by atoms with E-state index in [1.54, 1.807) is 35.2 Å². The third kappa shape index (κ3) is 4.68. The molecular weight excluding hydrogens is 406 g/mol. The second kappa shape index (κ2) is 9.82. The fourth-order valence-electron chi connectivity index (χ4n) is 3.26. The average Bonchev–Trinajstić information content (AvgIpc) is 2.77. The van der Waals surface area contributed by atoms with Crippen molar-refractivity contribution in [1.82, 2.24) is 14.7 Å². The number of morpholine rings is 1. The molecule has 0 spiro atoms. The third-order valence-electron chi connectivity index (χ3n) is 4.96. The zero-order chi connectivity index (χ0) is 21.7. The van der Waals surface area contributed by atoms with Gasteiger partial charge in [0.1, 0.15) is 11.3 Å². The Morgan fingerprint density at radius 2 is 1.63 bits per heavy atom. The number of rotatable bonds is 6. The summed E-state index contributed by atoms with van der Waals surface area (Å²) in [4.78, 5) is 42.1. The van der Waals surface area contributed by atoms with E-state index in [0.717, 1.165) is 0 Å². The number of ether oxygens (including phenoxy) is 2. The fraction of sp³-hybridized carbons (Fsp3) is 0.429. The maximum Gasteiger partial charge on any atom is 0.265 e. The highest BCUT2D eigenvalue weighted by atomic mass is 32.1. The molecule has 2 saturated heterocycles. The van der Waals surface area contributed by atoms with E-state index < -0.39 is 11.8 Å². The van der Waals surface area contributed by atoms with Gasteiger partial charge in [-0.3, -0.25) is 24.2 Å². The van der Waals surface area contributed by atoms with Gasteiger partial charge < -0.3 is 14.4 Å². The van der Waals surface area contributed by atoms with E-state index in [0.29, 0.717) is 50.7 Å². The average molecular weight is 432 g/mol. The molecule has 0 bridgehead atoms. The van der Waals surface area contributed by atoms with Crippen molar-refractivity contribution in [2.75, 3.05) is 46.0 Å². The Kier molecular flexibility index (Phi) is 7.17. The second-order valence-electron chi connectivity index (χ2n) is 6.79. The summed E-state index contributed by atoms with van der Waals surface area (Å²) in [6.07, 6.45) is 1.56. The highest BCUT2D eigenvalue weighted by molar-refractivity contribution is 7.80. The molecule has 3 amide bonds. The highest BCUT2D eigenvalue weighted by Gasteiger charge is 2.37. The lowest BCUT2D eigenvalue weighted by molar-refractivity contribution is -0.137. The summed E-state index contributed by atoms with van der Waals surface area (Å²) in [6.45, 7) is 6.60. The van der Waals surface area contributed by atoms with Gasteiger partial charge in [0.25, 0.3) is 17.7 Å². The van der Waals surface area contributed by atoms with Crippen molar-refractivity contribution in [2.24, 2.45) is 0 Å². The Balaban J connectivity index is 1.68. The molecule has 1 aromatic carbocycles. The SMILES string of the molecule is CCN1C(=O)C(=Cc2ccc(OCC(=O)N3CCOCC3)cc2)C(=O)N(CC)C1=S. The molecule has 30 heavy (non-hydrogen) atoms. The number of nitrogens with zero attached hydrogens (tertiary/aromatic N) is 3. The van der Waals surface area contributed by atoms with Crippen LogP contribution in [0.4, 0.5) is 0 Å². The number of hydrogen-bond donors (Lipinski definition) is 0. The topological polar surface area (TPSA) is 79.4 Å². The smallest absolute Gasteiger partial charge is 0.265 e. The van der Waals surface area contributed by atoms with Crippen LogP contribution in [0.2, 0.25) is 0 Å². The predicted molar refractivity (Wildman–Crippen MR) is 115 cm³/mol. The molecule has 0 radical (unpaired) electrons. The summed E-state index contributed by atoms with van der Waals surface area (Å²) in [5, 5.41) is 0.237. The molecule has 3 rings (SSSR count). The van der Waals surface area contributed by atoms with Crippen molar-refractivity contribution < 1.29 is 23.9 Å². The van der Waals surface area contributed by atoms with Gasteiger partial charge in [0, 0.05) is 26.2 Å². The van der Waals surface area contributed by atoms with Crippen molar-refractivity contribution in [3.63, 3.8) is 0 Å². The first-order chi connectivity index (χ1) is 14.5. The van der Waals surface area contributed by atoms with Crippen LogP contribution in [0.5, 0.6) is 5.75 Å². The molecule has 2 aliphatic heterocycles. The maximum atomic E-state index is 12.7. The lowest BCUT2D eigenvalue weighted by Crippen LogP contribution is -2.55. The van der Waals surface area contributed by atoms with Gasteiger partial charge >= 0.3 is 0 Å². The number of thiocarbonyl (C=S) groups is 1. The summed E-state index contributed by atoms with van der Waals surface area (Å²) < 4.78 is 10.8. The zero-order valence-electron chi connectivity index (χ0n) is 17.1. The lowest BCUT2D eigenvalue weighted by Gasteiger charge is -2.35. The normalized spacial score (nSPS) is 17.5. The van der Waals surface area contributed by atoms with Crippen LogP contribution in [-0.2, 0) is 19.1 Å². The molecule has 160 valence electrons. The van der Waals surface area contributed by atoms with Crippen molar-refractivity contribution in [2.45, 2.75) is 13.8 Å². The molecule has 9 heteroatoms. The second-order valence-corrected chi connectivity index (χ2v) is 7.16. The van der Waals surface area contributed by atoms with Crippen molar-refractivity contribution in [3.8, 4) is 5.75 Å². The summed E-state index contributed by atoms with van der Waals surface area (Å²) in [5.74, 6) is -0.341. The van der Waals surface area contributed by atoms with Crippen LogP contribution >= 0.6 is 12.2 Å². The van der Waals surface area contributed by atoms with Gasteiger partial charge in [-0.25, -0.2) is 0 Å². The number of amides is 3. The van der Waals surface area contributed by atoms with E-state index in [2.05, 4.69) is 0 Å². The minimum absolute atomic E-state index is 0.0498. The highest BCUT2D eigenvalue weighted by Crippen LogP contribution is 2.21. The molecule has 2 fully saturated rings. The third-order valence-corrected chi connectivity index (χ3v) is 5.40. The quantitative estimate of drug-likeness (QED) is 0.384. The largest absolute Gasteiger partial charge is 0.484 e. The lowest BCUT2D eigenvalue weighted by atomic mass is 10.1. The van der Waals surface area contributed by atoms with Crippen molar-refractivity contribution >= 4 is 41.1 Å². The molecule has 0 aliphatic carbocycles. The van der Waals surface area contributed by atoms with Crippen LogP contribution in [-0.4, -0.2) is 83.5 Å². The van der Waals surface area contributed by atoms with Crippen LogP contribution in [0, 0.1) is 0 Å². The van der Waals surface area contributed by atoms with E-state index in [9.17, 15) is 14.4 Å². The van der Waals surface area contributed by atoms with Crippen molar-refractivity contribution in [3.05, 3.63) is 35.4 Å². The number of carbonyl (C=O) groups is 3. The van der Waals surface area contributed by atoms with Crippen LogP contribution in [0.1, 0.15) is 19.4 Å². The number of likely N-dealkylation sites (N-methyl/N-ethyl adjacent to an activating group) is 2. The monoisotopic (exact) mass is 431 g/mol. The first-order valence-electron chi connectivity index (χ1n) is 9.94. The zero-order valence-corrected chi connectivity index (χ0v) is 17.9. The van der Waals surface area contributed by atoms with E-state index in [1.807, 2.05) is 13.8 Å². The molecule has 0 aromatic heterocycles. The van der Waals surface area contributed by atoms with Gasteiger partial charge in [0.2, 0.25) is 0 Å². The van der Waals surface area contributed by atoms with Crippen LogP contribution in [0.15, 0.2) is 29.8 Å². The Labute approximate surface area is 181 Å². The van der Waals surface area contributed by atoms with Crippen LogP contribution < -0.4 is 4.74 Å². The first-order valence-corrected chi connectivity index (χ1v) is 10.3. The summed E-state index contributed by atoms with van der Waals surface area (Å²) in [5.41, 5.74) is 0.752. The molecule has 0 saturated carbocycles. The predicted octanol–water partition coefficient (Wildman–Crippen LogP) is 1.30. The van der Waals surface area contributed by atoms with E-state index >= 15 is 0 Å². The van der Waals surface area contributed by atoms with E-state index in [1.165, 1.54) is 9.80 Å². The molecule has 2 heterocycles. The summed E-state index contributed by atoms with van der Waals surface area (Å²) in [7, 11) is 0. The number of benzene rings is 1. The minimum atomic E-state index is -0.395. The van der Waals surface area contributed by atoms with Gasteiger partial charge in [-0.05, 0) is 49.8 Å². The first kappa shape index (κ1) is 21.9. The van der Waals surface area contributed by atoms with Crippen molar-refractivity contribution in [1.29, 1.82) is 0 Å². The minimum Gasteiger partial charge on any atom is -0.484 e. The summed E-state index contributed by atoms with van der Waals surface area (Å²) in [6, 6.07) is 6.89. The molecular formula is C21H25N3O5S. The molecule has 1 aromatic rings. The number of carbonyl (C=O) groups excluding carboxylic acids is 3.